The van der Waals surface area contributed by atoms with E-state index in [1.54, 1.807) is 0 Å². The standard InChI is InChI=1S/C27H30N2O5/c1-4-13-29(16-25(30)31)26(32)19(14-18(2)3)15-28-27(33)34-17-24-22-11-7-5-9-20(22)21-10-6-8-12-23(21)24/h1,5-12,18-19,24H,13-17H2,2-3H3,(H,28,33)(H,30,31). The number of carbonyl (C=O) groups excluding carboxylic acids is 2. The van der Waals surface area contributed by atoms with Crippen LogP contribution in [0.3, 0.4) is 0 Å². The van der Waals surface area contributed by atoms with Crippen LogP contribution in [0.15, 0.2) is 48.5 Å². The zero-order valence-electron chi connectivity index (χ0n) is 19.5. The molecule has 0 fully saturated rings. The number of hydrogen-bond donors (Lipinski definition) is 2. The zero-order chi connectivity index (χ0) is 24.7. The smallest absolute Gasteiger partial charge is 0.407 e. The first-order valence-corrected chi connectivity index (χ1v) is 11.3. The molecule has 0 heterocycles. The van der Waals surface area contributed by atoms with E-state index >= 15 is 0 Å². The molecule has 0 bridgehead atoms. The Morgan fingerprint density at radius 3 is 2.21 bits per heavy atom. The van der Waals surface area contributed by atoms with Crippen LogP contribution in [0.4, 0.5) is 4.79 Å². The predicted octanol–water partition coefficient (Wildman–Crippen LogP) is 3.73. The highest BCUT2D eigenvalue weighted by Crippen LogP contribution is 2.44. The summed E-state index contributed by atoms with van der Waals surface area (Å²) >= 11 is 0. The molecule has 2 amide bonds. The van der Waals surface area contributed by atoms with Crippen molar-refractivity contribution in [3.63, 3.8) is 0 Å². The fourth-order valence-electron chi connectivity index (χ4n) is 4.44. The Labute approximate surface area is 200 Å². The topological polar surface area (TPSA) is 95.9 Å². The SMILES string of the molecule is C#CCN(CC(=O)O)C(=O)C(CNC(=O)OCC1c2ccccc2-c2ccccc21)CC(C)C. The third-order valence-electron chi connectivity index (χ3n) is 5.86. The molecule has 34 heavy (non-hydrogen) atoms. The number of nitrogens with zero attached hydrogens (tertiary/aromatic N) is 1. The molecule has 2 aromatic rings. The van der Waals surface area contributed by atoms with Gasteiger partial charge in [-0.15, -0.1) is 6.42 Å². The number of carboxylic acids is 1. The highest BCUT2D eigenvalue weighted by Gasteiger charge is 2.30. The van der Waals surface area contributed by atoms with Gasteiger partial charge in [-0.05, 0) is 34.6 Å². The maximum absolute atomic E-state index is 12.9. The third-order valence-corrected chi connectivity index (χ3v) is 5.86. The number of benzene rings is 2. The molecule has 0 aliphatic heterocycles. The lowest BCUT2D eigenvalue weighted by atomic mass is 9.95. The van der Waals surface area contributed by atoms with Crippen molar-refractivity contribution < 1.29 is 24.2 Å². The van der Waals surface area contributed by atoms with Gasteiger partial charge in [-0.1, -0.05) is 68.3 Å². The number of nitrogens with one attached hydrogen (secondary N) is 1. The first-order valence-electron chi connectivity index (χ1n) is 11.3. The van der Waals surface area contributed by atoms with Gasteiger partial charge in [0.2, 0.25) is 5.91 Å². The second-order valence-corrected chi connectivity index (χ2v) is 8.83. The van der Waals surface area contributed by atoms with Gasteiger partial charge in [-0.3, -0.25) is 9.59 Å². The van der Waals surface area contributed by atoms with E-state index < -0.39 is 30.4 Å². The monoisotopic (exact) mass is 462 g/mol. The van der Waals surface area contributed by atoms with Crippen molar-refractivity contribution in [2.75, 3.05) is 26.2 Å². The molecule has 2 N–H and O–H groups in total. The van der Waals surface area contributed by atoms with E-state index in [-0.39, 0.29) is 31.5 Å². The van der Waals surface area contributed by atoms with Crippen LogP contribution >= 0.6 is 0 Å². The van der Waals surface area contributed by atoms with Gasteiger partial charge in [0.15, 0.2) is 0 Å². The molecule has 178 valence electrons. The highest BCUT2D eigenvalue weighted by molar-refractivity contribution is 5.84. The number of rotatable bonds is 10. The summed E-state index contributed by atoms with van der Waals surface area (Å²) in [6, 6.07) is 16.1. The Hall–Kier alpha value is -3.79. The van der Waals surface area contributed by atoms with Crippen LogP contribution < -0.4 is 5.32 Å². The Morgan fingerprint density at radius 1 is 1.09 bits per heavy atom. The number of fused-ring (bicyclic) bond motifs is 3. The average molecular weight is 463 g/mol. The van der Waals surface area contributed by atoms with Gasteiger partial charge in [0.25, 0.3) is 0 Å². The maximum atomic E-state index is 12.9. The summed E-state index contributed by atoms with van der Waals surface area (Å²) in [6.45, 7) is 3.53. The fourth-order valence-corrected chi connectivity index (χ4v) is 4.44. The molecule has 0 saturated carbocycles. The Bertz CT molecular complexity index is 1040. The molecule has 1 unspecified atom stereocenters. The van der Waals surface area contributed by atoms with Gasteiger partial charge in [-0.25, -0.2) is 4.79 Å². The molecule has 0 radical (unpaired) electrons. The van der Waals surface area contributed by atoms with E-state index in [1.807, 2.05) is 50.2 Å². The van der Waals surface area contributed by atoms with Gasteiger partial charge < -0.3 is 20.1 Å². The number of amides is 2. The van der Waals surface area contributed by atoms with Crippen molar-refractivity contribution >= 4 is 18.0 Å². The Balaban J connectivity index is 1.63. The van der Waals surface area contributed by atoms with Gasteiger partial charge >= 0.3 is 12.1 Å². The molecule has 7 nitrogen and oxygen atoms in total. The van der Waals surface area contributed by atoms with Crippen LogP contribution in [0.5, 0.6) is 0 Å². The summed E-state index contributed by atoms with van der Waals surface area (Å²) in [5.41, 5.74) is 4.51. The van der Waals surface area contributed by atoms with Crippen LogP contribution in [0, 0.1) is 24.2 Å². The van der Waals surface area contributed by atoms with E-state index in [0.29, 0.717) is 6.42 Å². The second-order valence-electron chi connectivity index (χ2n) is 8.83. The van der Waals surface area contributed by atoms with Gasteiger partial charge in [0, 0.05) is 12.5 Å². The summed E-state index contributed by atoms with van der Waals surface area (Å²) in [4.78, 5) is 37.7. The lowest BCUT2D eigenvalue weighted by molar-refractivity contribution is -0.146. The summed E-state index contributed by atoms with van der Waals surface area (Å²) in [5.74, 6) is 0.284. The lowest BCUT2D eigenvalue weighted by Crippen LogP contribution is -2.44. The number of terminal acetylenes is 1. The minimum absolute atomic E-state index is 0.0361. The number of hydrogen-bond acceptors (Lipinski definition) is 4. The number of alkyl carbamates (subject to hydrolysis) is 1. The van der Waals surface area contributed by atoms with Gasteiger partial charge in [-0.2, -0.15) is 0 Å². The minimum Gasteiger partial charge on any atom is -0.480 e. The van der Waals surface area contributed by atoms with E-state index in [9.17, 15) is 14.4 Å². The quantitative estimate of drug-likeness (QED) is 0.525. The molecule has 3 rings (SSSR count). The molecule has 1 atom stereocenters. The molecule has 0 aromatic heterocycles. The van der Waals surface area contributed by atoms with Crippen LogP contribution in [0.2, 0.25) is 0 Å². The molecule has 7 heteroatoms. The molecule has 2 aromatic carbocycles. The zero-order valence-corrected chi connectivity index (χ0v) is 19.5. The molecular formula is C27H30N2O5. The minimum atomic E-state index is -1.14. The summed E-state index contributed by atoms with van der Waals surface area (Å²) in [7, 11) is 0. The summed E-state index contributed by atoms with van der Waals surface area (Å²) in [6.07, 6.45) is 5.16. The Morgan fingerprint density at radius 2 is 1.68 bits per heavy atom. The largest absolute Gasteiger partial charge is 0.480 e. The van der Waals surface area contributed by atoms with Gasteiger partial charge in [0.05, 0.1) is 12.5 Å². The van der Waals surface area contributed by atoms with E-state index in [4.69, 9.17) is 16.3 Å². The predicted molar refractivity (Wildman–Crippen MR) is 129 cm³/mol. The molecular weight excluding hydrogens is 432 g/mol. The molecule has 1 aliphatic carbocycles. The van der Waals surface area contributed by atoms with Crippen molar-refractivity contribution in [3.05, 3.63) is 59.7 Å². The van der Waals surface area contributed by atoms with Crippen LogP contribution in [-0.2, 0) is 14.3 Å². The van der Waals surface area contributed by atoms with Crippen LogP contribution in [-0.4, -0.2) is 54.2 Å². The van der Waals surface area contributed by atoms with E-state index in [2.05, 4.69) is 23.4 Å². The summed E-state index contributed by atoms with van der Waals surface area (Å²) in [5, 5.41) is 11.8. The maximum Gasteiger partial charge on any atom is 0.407 e. The van der Waals surface area contributed by atoms with E-state index in [1.165, 1.54) is 0 Å². The molecule has 0 spiro atoms. The number of carbonyl (C=O) groups is 3. The van der Waals surface area contributed by atoms with Crippen molar-refractivity contribution in [2.45, 2.75) is 26.2 Å². The normalized spacial score (nSPS) is 12.9. The fraction of sp³-hybridized carbons (Fsp3) is 0.370. The number of aliphatic carboxylic acids is 1. The summed E-state index contributed by atoms with van der Waals surface area (Å²) < 4.78 is 5.55. The van der Waals surface area contributed by atoms with Crippen molar-refractivity contribution in [3.8, 4) is 23.5 Å². The first-order chi connectivity index (χ1) is 16.3. The third kappa shape index (κ3) is 5.96. The first kappa shape index (κ1) is 24.8. The lowest BCUT2D eigenvalue weighted by Gasteiger charge is -2.26. The average Bonchev–Trinajstić information content (AvgIpc) is 3.13. The molecule has 1 aliphatic rings. The van der Waals surface area contributed by atoms with Crippen LogP contribution in [0.1, 0.15) is 37.3 Å². The van der Waals surface area contributed by atoms with Crippen LogP contribution in [0.25, 0.3) is 11.1 Å². The highest BCUT2D eigenvalue weighted by atomic mass is 16.5. The van der Waals surface area contributed by atoms with Crippen molar-refractivity contribution in [1.29, 1.82) is 0 Å². The van der Waals surface area contributed by atoms with Gasteiger partial charge in [0.1, 0.15) is 13.2 Å². The Kier molecular flexibility index (Phi) is 8.31. The molecule has 0 saturated heterocycles. The number of ether oxygens (including phenoxy) is 1. The van der Waals surface area contributed by atoms with Crippen molar-refractivity contribution in [2.24, 2.45) is 11.8 Å². The van der Waals surface area contributed by atoms with Crippen molar-refractivity contribution in [1.82, 2.24) is 10.2 Å². The van der Waals surface area contributed by atoms with E-state index in [0.717, 1.165) is 27.2 Å². The number of carboxylic acid groups (broad SMARTS) is 1. The second kappa shape index (κ2) is 11.4.